The molecule has 0 saturated heterocycles. The topological polar surface area (TPSA) is 116 Å². The molecule has 0 saturated carbocycles. The minimum atomic E-state index is -0.718. The van der Waals surface area contributed by atoms with Crippen molar-refractivity contribution in [1.29, 1.82) is 0 Å². The Labute approximate surface area is 267 Å². The minimum absolute atomic E-state index is 0.214. The molecular weight excluding hydrogens is 590 g/mol. The number of thioether (sulfide) groups is 1. The molecule has 0 aliphatic heterocycles. The molecular formula is C34H39N5O5S. The van der Waals surface area contributed by atoms with Crippen molar-refractivity contribution in [3.63, 3.8) is 0 Å². The highest BCUT2D eigenvalue weighted by Crippen LogP contribution is 2.35. The van der Waals surface area contributed by atoms with Crippen LogP contribution in [0.4, 0.5) is 21.2 Å². The third-order valence-corrected chi connectivity index (χ3v) is 8.12. The molecule has 2 aromatic heterocycles. The van der Waals surface area contributed by atoms with Crippen LogP contribution in [0.15, 0.2) is 59.8 Å². The lowest BCUT2D eigenvalue weighted by Gasteiger charge is -2.23. The van der Waals surface area contributed by atoms with E-state index in [0.29, 0.717) is 33.6 Å². The Morgan fingerprint density at radius 3 is 2.44 bits per heavy atom. The average molecular weight is 630 g/mol. The van der Waals surface area contributed by atoms with Crippen molar-refractivity contribution < 1.29 is 23.9 Å². The first-order valence-electron chi connectivity index (χ1n) is 14.9. The van der Waals surface area contributed by atoms with Crippen LogP contribution in [-0.2, 0) is 28.1 Å². The minimum Gasteiger partial charge on any atom is -0.443 e. The van der Waals surface area contributed by atoms with Crippen LogP contribution in [0.25, 0.3) is 10.9 Å². The normalized spacial score (nSPS) is 13.0. The Hall–Kier alpha value is -4.38. The van der Waals surface area contributed by atoms with Crippen molar-refractivity contribution in [3.8, 4) is 0 Å². The summed E-state index contributed by atoms with van der Waals surface area (Å²) in [7, 11) is 1.56. The number of nitrogens with one attached hydrogen (secondary N) is 1. The molecule has 1 aliphatic rings. The summed E-state index contributed by atoms with van der Waals surface area (Å²) in [5.74, 6) is 0.308. The predicted molar refractivity (Wildman–Crippen MR) is 176 cm³/mol. The van der Waals surface area contributed by atoms with Crippen LogP contribution in [0.2, 0.25) is 0 Å². The van der Waals surface area contributed by atoms with Crippen LogP contribution < -0.4 is 10.2 Å². The first-order valence-corrected chi connectivity index (χ1v) is 15.9. The lowest BCUT2D eigenvalue weighted by Crippen LogP contribution is -2.35. The third kappa shape index (κ3) is 7.65. The smallest absolute Gasteiger partial charge is 0.419 e. The molecule has 2 heterocycles. The Kier molecular flexibility index (Phi) is 8.93. The molecule has 1 N–H and O–H groups in total. The Morgan fingerprint density at radius 1 is 0.978 bits per heavy atom. The number of hydrogen-bond acceptors (Lipinski definition) is 8. The number of anilines is 2. The molecule has 0 bridgehead atoms. The fourth-order valence-electron chi connectivity index (χ4n) is 5.05. The van der Waals surface area contributed by atoms with Gasteiger partial charge in [-0.25, -0.2) is 24.5 Å². The molecule has 0 unspecified atom stereocenters. The summed E-state index contributed by atoms with van der Waals surface area (Å²) >= 11 is 1.46. The summed E-state index contributed by atoms with van der Waals surface area (Å²) in [5, 5.41) is 3.68. The number of fused-ring (bicyclic) bond motifs is 2. The average Bonchev–Trinajstić information content (AvgIpc) is 3.59. The van der Waals surface area contributed by atoms with E-state index in [-0.39, 0.29) is 11.9 Å². The molecule has 0 spiro atoms. The molecule has 0 radical (unpaired) electrons. The van der Waals surface area contributed by atoms with Gasteiger partial charge in [0.1, 0.15) is 11.2 Å². The first kappa shape index (κ1) is 32.0. The van der Waals surface area contributed by atoms with Gasteiger partial charge in [-0.1, -0.05) is 12.1 Å². The van der Waals surface area contributed by atoms with Gasteiger partial charge < -0.3 is 14.8 Å². The second kappa shape index (κ2) is 12.5. The van der Waals surface area contributed by atoms with E-state index in [9.17, 15) is 14.4 Å². The summed E-state index contributed by atoms with van der Waals surface area (Å²) in [4.78, 5) is 50.5. The molecule has 2 amide bonds. The Bertz CT molecular complexity index is 1770. The molecule has 2 aromatic carbocycles. The standard InChI is InChI=1S/C34H39N5O5S/c1-33(2,3)43-31(41)38(7)30-35-17-16-24(37-30)20-45-27-13-9-12-26-28(27)25(19-39(26)32(42)44-34(4,5)6)29(40)36-23-15-14-21-10-8-11-22(21)18-23/h9,12-19H,8,10-11,20H2,1-7H3,(H,36,40). The quantitative estimate of drug-likeness (QED) is 0.217. The predicted octanol–water partition coefficient (Wildman–Crippen LogP) is 7.62. The maximum absolute atomic E-state index is 13.8. The highest BCUT2D eigenvalue weighted by atomic mass is 32.2. The molecule has 45 heavy (non-hydrogen) atoms. The lowest BCUT2D eigenvalue weighted by atomic mass is 10.1. The number of amides is 2. The highest BCUT2D eigenvalue weighted by molar-refractivity contribution is 7.98. The fraction of sp³-hybridized carbons (Fsp3) is 0.382. The third-order valence-electron chi connectivity index (χ3n) is 7.03. The lowest BCUT2D eigenvalue weighted by molar-refractivity contribution is 0.0541. The van der Waals surface area contributed by atoms with Crippen LogP contribution in [0, 0.1) is 0 Å². The number of ether oxygens (including phenoxy) is 2. The van der Waals surface area contributed by atoms with Crippen molar-refractivity contribution >= 4 is 52.4 Å². The van der Waals surface area contributed by atoms with Crippen LogP contribution >= 0.6 is 11.8 Å². The summed E-state index contributed by atoms with van der Waals surface area (Å²) in [6, 6.07) is 13.3. The number of rotatable bonds is 6. The van der Waals surface area contributed by atoms with E-state index in [2.05, 4.69) is 21.4 Å². The van der Waals surface area contributed by atoms with Crippen LogP contribution in [0.5, 0.6) is 0 Å². The van der Waals surface area contributed by atoms with Gasteiger partial charge in [0.15, 0.2) is 0 Å². The SMILES string of the molecule is CN(C(=O)OC(C)(C)C)c1nccc(CSc2cccc3c2c(C(=O)Nc2ccc4c(c2)CCC4)cn3C(=O)OC(C)(C)C)n1. The van der Waals surface area contributed by atoms with E-state index in [4.69, 9.17) is 9.47 Å². The van der Waals surface area contributed by atoms with Crippen molar-refractivity contribution in [2.75, 3.05) is 17.3 Å². The monoisotopic (exact) mass is 629 g/mol. The molecule has 236 valence electrons. The fourth-order valence-corrected chi connectivity index (χ4v) is 6.04. The molecule has 10 nitrogen and oxygen atoms in total. The number of carbonyl (C=O) groups is 3. The van der Waals surface area contributed by atoms with E-state index >= 15 is 0 Å². The van der Waals surface area contributed by atoms with E-state index in [0.717, 1.165) is 24.2 Å². The maximum atomic E-state index is 13.8. The van der Waals surface area contributed by atoms with E-state index in [1.165, 1.54) is 32.4 Å². The first-order chi connectivity index (χ1) is 21.2. The Balaban J connectivity index is 1.45. The number of nitrogens with zero attached hydrogens (tertiary/aromatic N) is 4. The molecule has 4 aromatic rings. The van der Waals surface area contributed by atoms with Crippen LogP contribution in [-0.4, -0.2) is 50.9 Å². The van der Waals surface area contributed by atoms with E-state index < -0.39 is 23.4 Å². The number of carbonyl (C=O) groups excluding carboxylic acids is 3. The van der Waals surface area contributed by atoms with Crippen molar-refractivity contribution in [3.05, 3.63) is 77.2 Å². The van der Waals surface area contributed by atoms with Gasteiger partial charge in [0.2, 0.25) is 5.95 Å². The largest absolute Gasteiger partial charge is 0.443 e. The van der Waals surface area contributed by atoms with Gasteiger partial charge in [0.25, 0.3) is 5.91 Å². The van der Waals surface area contributed by atoms with Gasteiger partial charge in [0.05, 0.1) is 16.8 Å². The van der Waals surface area contributed by atoms with Crippen molar-refractivity contribution in [2.45, 2.75) is 82.7 Å². The van der Waals surface area contributed by atoms with Gasteiger partial charge in [-0.15, -0.1) is 11.8 Å². The highest BCUT2D eigenvalue weighted by Gasteiger charge is 2.26. The van der Waals surface area contributed by atoms with Gasteiger partial charge >= 0.3 is 12.2 Å². The van der Waals surface area contributed by atoms with Gasteiger partial charge in [0, 0.05) is 41.2 Å². The maximum Gasteiger partial charge on any atom is 0.419 e. The molecule has 5 rings (SSSR count). The van der Waals surface area contributed by atoms with Crippen molar-refractivity contribution in [2.24, 2.45) is 0 Å². The molecule has 0 fully saturated rings. The second-order valence-corrected chi connectivity index (χ2v) is 14.0. The zero-order chi connectivity index (χ0) is 32.5. The summed E-state index contributed by atoms with van der Waals surface area (Å²) in [6.45, 7) is 10.8. The van der Waals surface area contributed by atoms with Crippen molar-refractivity contribution in [1.82, 2.24) is 14.5 Å². The number of benzene rings is 2. The van der Waals surface area contributed by atoms with Gasteiger partial charge in [-0.3, -0.25) is 9.36 Å². The Morgan fingerprint density at radius 2 is 1.71 bits per heavy atom. The number of aromatic nitrogens is 3. The zero-order valence-corrected chi connectivity index (χ0v) is 27.6. The van der Waals surface area contributed by atoms with Gasteiger partial charge in [-0.05, 0) is 102 Å². The molecule has 11 heteroatoms. The summed E-state index contributed by atoms with van der Waals surface area (Å²) in [5.41, 5.74) is 3.50. The second-order valence-electron chi connectivity index (χ2n) is 13.0. The van der Waals surface area contributed by atoms with Crippen LogP contribution in [0.3, 0.4) is 0 Å². The van der Waals surface area contributed by atoms with E-state index in [1.54, 1.807) is 73.1 Å². The molecule has 1 aliphatic carbocycles. The number of hydrogen-bond donors (Lipinski definition) is 1. The zero-order valence-electron chi connectivity index (χ0n) is 26.8. The summed E-state index contributed by atoms with van der Waals surface area (Å²) in [6.07, 6.45) is 5.17. The summed E-state index contributed by atoms with van der Waals surface area (Å²) < 4.78 is 12.5. The molecule has 0 atom stereocenters. The van der Waals surface area contributed by atoms with E-state index in [1.807, 2.05) is 24.3 Å². The van der Waals surface area contributed by atoms with Crippen LogP contribution in [0.1, 0.15) is 75.1 Å². The number of aryl methyl sites for hydroxylation is 2. The van der Waals surface area contributed by atoms with Gasteiger partial charge in [-0.2, -0.15) is 0 Å².